The molecular formula is C15H19N5OS. The van der Waals surface area contributed by atoms with Crippen molar-refractivity contribution >= 4 is 22.4 Å². The van der Waals surface area contributed by atoms with Crippen LogP contribution in [0.3, 0.4) is 0 Å². The Balaban J connectivity index is 1.74. The van der Waals surface area contributed by atoms with Gasteiger partial charge in [0.05, 0.1) is 12.2 Å². The summed E-state index contributed by atoms with van der Waals surface area (Å²) >= 11 is 1.36. The van der Waals surface area contributed by atoms with Crippen LogP contribution in [0.1, 0.15) is 47.0 Å². The third-order valence-electron chi connectivity index (χ3n) is 3.53. The number of hydrogen-bond donors (Lipinski definition) is 2. The molecule has 0 radical (unpaired) electrons. The standard InChI is InChI=1S/C15H19N5OS/c1-3-16-15-18-8-11(22-15)14(21)20-12(10-4-5-10)13-17-7-6-9(2)19-13/h6-8,10,12H,3-5H2,1-2H3,(H,16,18)(H,20,21). The third kappa shape index (κ3) is 3.41. The molecule has 1 aliphatic rings. The van der Waals surface area contributed by atoms with E-state index in [0.29, 0.717) is 16.6 Å². The van der Waals surface area contributed by atoms with Crippen molar-refractivity contribution in [3.63, 3.8) is 0 Å². The minimum atomic E-state index is -0.114. The Hall–Kier alpha value is -2.02. The zero-order valence-corrected chi connectivity index (χ0v) is 13.5. The molecule has 1 fully saturated rings. The van der Waals surface area contributed by atoms with Crippen molar-refractivity contribution < 1.29 is 4.79 Å². The van der Waals surface area contributed by atoms with Gasteiger partial charge in [-0.2, -0.15) is 0 Å². The smallest absolute Gasteiger partial charge is 0.263 e. The van der Waals surface area contributed by atoms with Crippen molar-refractivity contribution in [2.75, 3.05) is 11.9 Å². The number of nitrogens with one attached hydrogen (secondary N) is 2. The van der Waals surface area contributed by atoms with E-state index >= 15 is 0 Å². The molecule has 1 unspecified atom stereocenters. The number of anilines is 1. The zero-order valence-electron chi connectivity index (χ0n) is 12.7. The topological polar surface area (TPSA) is 79.8 Å². The van der Waals surface area contributed by atoms with Crippen LogP contribution in [0.25, 0.3) is 0 Å². The van der Waals surface area contributed by atoms with E-state index in [0.717, 1.165) is 30.2 Å². The number of rotatable bonds is 6. The molecule has 1 aliphatic carbocycles. The summed E-state index contributed by atoms with van der Waals surface area (Å²) in [6, 6.07) is 1.75. The van der Waals surface area contributed by atoms with Gasteiger partial charge in [0.1, 0.15) is 4.88 Å². The maximum Gasteiger partial charge on any atom is 0.263 e. The van der Waals surface area contributed by atoms with Crippen molar-refractivity contribution in [2.24, 2.45) is 5.92 Å². The van der Waals surface area contributed by atoms with E-state index in [1.807, 2.05) is 19.9 Å². The summed E-state index contributed by atoms with van der Waals surface area (Å²) in [5.41, 5.74) is 0.914. The van der Waals surface area contributed by atoms with Crippen LogP contribution in [-0.2, 0) is 0 Å². The lowest BCUT2D eigenvalue weighted by Crippen LogP contribution is -2.30. The van der Waals surface area contributed by atoms with Gasteiger partial charge in [-0.3, -0.25) is 4.79 Å². The number of amides is 1. The molecule has 7 heteroatoms. The predicted octanol–water partition coefficient (Wildman–Crippen LogP) is 2.55. The minimum absolute atomic E-state index is 0.108. The van der Waals surface area contributed by atoms with Crippen LogP contribution in [0.2, 0.25) is 0 Å². The average Bonchev–Trinajstić information content (AvgIpc) is 3.23. The molecule has 0 aromatic carbocycles. The number of nitrogens with zero attached hydrogens (tertiary/aromatic N) is 3. The van der Waals surface area contributed by atoms with E-state index in [1.165, 1.54) is 11.3 Å². The Morgan fingerprint density at radius 2 is 2.27 bits per heavy atom. The fraction of sp³-hybridized carbons (Fsp3) is 0.467. The Labute approximate surface area is 133 Å². The fourth-order valence-electron chi connectivity index (χ4n) is 2.27. The molecule has 2 aromatic heterocycles. The van der Waals surface area contributed by atoms with Crippen molar-refractivity contribution in [3.8, 4) is 0 Å². The van der Waals surface area contributed by atoms with Crippen LogP contribution in [0, 0.1) is 12.8 Å². The molecule has 116 valence electrons. The first-order valence-electron chi connectivity index (χ1n) is 7.47. The molecule has 1 amide bonds. The summed E-state index contributed by atoms with van der Waals surface area (Å²) in [5, 5.41) is 6.95. The molecule has 2 aromatic rings. The second-order valence-corrected chi connectivity index (χ2v) is 6.44. The lowest BCUT2D eigenvalue weighted by Gasteiger charge is -2.16. The molecule has 2 heterocycles. The van der Waals surface area contributed by atoms with Gasteiger partial charge in [0.25, 0.3) is 5.91 Å². The lowest BCUT2D eigenvalue weighted by atomic mass is 10.1. The molecule has 6 nitrogen and oxygen atoms in total. The monoisotopic (exact) mass is 317 g/mol. The lowest BCUT2D eigenvalue weighted by molar-refractivity contribution is 0.0933. The van der Waals surface area contributed by atoms with Crippen LogP contribution >= 0.6 is 11.3 Å². The average molecular weight is 317 g/mol. The second-order valence-electron chi connectivity index (χ2n) is 5.40. The highest BCUT2D eigenvalue weighted by Crippen LogP contribution is 2.40. The number of aromatic nitrogens is 3. The minimum Gasteiger partial charge on any atom is -0.362 e. The van der Waals surface area contributed by atoms with Crippen molar-refractivity contribution in [2.45, 2.75) is 32.7 Å². The number of carbonyl (C=O) groups is 1. The van der Waals surface area contributed by atoms with Crippen LogP contribution in [0.5, 0.6) is 0 Å². The largest absolute Gasteiger partial charge is 0.362 e. The van der Waals surface area contributed by atoms with Gasteiger partial charge in [-0.05, 0) is 38.7 Å². The summed E-state index contributed by atoms with van der Waals surface area (Å²) in [6.07, 6.45) is 5.56. The van der Waals surface area contributed by atoms with E-state index in [1.54, 1.807) is 12.4 Å². The molecule has 22 heavy (non-hydrogen) atoms. The molecule has 0 spiro atoms. The van der Waals surface area contributed by atoms with E-state index in [-0.39, 0.29) is 11.9 Å². The van der Waals surface area contributed by atoms with Crippen LogP contribution in [-0.4, -0.2) is 27.4 Å². The first-order chi connectivity index (χ1) is 10.7. The number of thiazole rings is 1. The Kier molecular flexibility index (Phi) is 4.33. The number of aryl methyl sites for hydroxylation is 1. The first-order valence-corrected chi connectivity index (χ1v) is 8.29. The van der Waals surface area contributed by atoms with Crippen LogP contribution in [0.4, 0.5) is 5.13 Å². The molecule has 2 N–H and O–H groups in total. The Morgan fingerprint density at radius 3 is 2.95 bits per heavy atom. The molecule has 0 saturated heterocycles. The van der Waals surface area contributed by atoms with Gasteiger partial charge in [0.2, 0.25) is 0 Å². The molecule has 3 rings (SSSR count). The SMILES string of the molecule is CCNc1ncc(C(=O)NC(c2nccc(C)n2)C2CC2)s1. The predicted molar refractivity (Wildman–Crippen MR) is 86.0 cm³/mol. The second kappa shape index (κ2) is 6.39. The molecule has 1 saturated carbocycles. The molecule has 0 bridgehead atoms. The highest BCUT2D eigenvalue weighted by Gasteiger charge is 2.35. The van der Waals surface area contributed by atoms with Gasteiger partial charge in [0, 0.05) is 18.4 Å². The van der Waals surface area contributed by atoms with Gasteiger partial charge >= 0.3 is 0 Å². The van der Waals surface area contributed by atoms with Crippen molar-refractivity contribution in [1.82, 2.24) is 20.3 Å². The number of hydrogen-bond acceptors (Lipinski definition) is 6. The van der Waals surface area contributed by atoms with Crippen LogP contribution in [0.15, 0.2) is 18.5 Å². The summed E-state index contributed by atoms with van der Waals surface area (Å²) in [5.74, 6) is 1.03. The molecule has 0 aliphatic heterocycles. The Bertz CT molecular complexity index is 667. The van der Waals surface area contributed by atoms with Gasteiger partial charge in [-0.25, -0.2) is 15.0 Å². The van der Waals surface area contributed by atoms with Crippen molar-refractivity contribution in [1.29, 1.82) is 0 Å². The first kappa shape index (κ1) is 14.9. The maximum absolute atomic E-state index is 12.4. The quantitative estimate of drug-likeness (QED) is 0.856. The van der Waals surface area contributed by atoms with Crippen LogP contribution < -0.4 is 10.6 Å². The maximum atomic E-state index is 12.4. The summed E-state index contributed by atoms with van der Waals surface area (Å²) in [4.78, 5) is 26.0. The zero-order chi connectivity index (χ0) is 15.5. The normalized spacial score (nSPS) is 15.4. The number of carbonyl (C=O) groups excluding carboxylic acids is 1. The summed E-state index contributed by atoms with van der Waals surface area (Å²) < 4.78 is 0. The van der Waals surface area contributed by atoms with Gasteiger partial charge < -0.3 is 10.6 Å². The molecule has 1 atom stereocenters. The third-order valence-corrected chi connectivity index (χ3v) is 4.48. The Morgan fingerprint density at radius 1 is 1.45 bits per heavy atom. The van der Waals surface area contributed by atoms with Gasteiger partial charge in [-0.1, -0.05) is 11.3 Å². The highest BCUT2D eigenvalue weighted by molar-refractivity contribution is 7.17. The van der Waals surface area contributed by atoms with Crippen molar-refractivity contribution in [3.05, 3.63) is 34.9 Å². The molecular weight excluding hydrogens is 298 g/mol. The van der Waals surface area contributed by atoms with E-state index in [2.05, 4.69) is 25.6 Å². The summed E-state index contributed by atoms with van der Waals surface area (Å²) in [6.45, 7) is 4.72. The fourth-order valence-corrected chi connectivity index (χ4v) is 3.05. The van der Waals surface area contributed by atoms with Gasteiger partial charge in [0.15, 0.2) is 11.0 Å². The van der Waals surface area contributed by atoms with E-state index < -0.39 is 0 Å². The van der Waals surface area contributed by atoms with E-state index in [4.69, 9.17) is 0 Å². The van der Waals surface area contributed by atoms with Gasteiger partial charge in [-0.15, -0.1) is 0 Å². The van der Waals surface area contributed by atoms with E-state index in [9.17, 15) is 4.79 Å². The summed E-state index contributed by atoms with van der Waals surface area (Å²) in [7, 11) is 0. The highest BCUT2D eigenvalue weighted by atomic mass is 32.1.